The molecule has 0 bridgehead atoms. The minimum atomic E-state index is -2.56. The Morgan fingerprint density at radius 2 is 1.75 bits per heavy atom. The first-order valence-electron chi connectivity index (χ1n) is 3.47. The van der Waals surface area contributed by atoms with Crippen LogP contribution in [0, 0.1) is 13.8 Å². The van der Waals surface area contributed by atoms with E-state index < -0.39 is 10.7 Å². The molecule has 1 aromatic carbocycles. The first-order valence-corrected chi connectivity index (χ1v) is 4.64. The van der Waals surface area contributed by atoms with Crippen LogP contribution in [-0.2, 0) is 10.7 Å². The molecule has 4 heteroatoms. The van der Waals surface area contributed by atoms with Crippen molar-refractivity contribution >= 4 is 10.7 Å². The largest absolute Gasteiger partial charge is 0.508 e. The molecule has 1 rings (SSSR count). The van der Waals surface area contributed by atoms with Crippen molar-refractivity contribution in [1.82, 2.24) is 0 Å². The van der Waals surface area contributed by atoms with Gasteiger partial charge in [0.1, 0.15) is 5.75 Å². The predicted octanol–water partition coefficient (Wildman–Crippen LogP) is 0.979. The summed E-state index contributed by atoms with van der Waals surface area (Å²) in [6.45, 7) is 3.32. The molecule has 0 fully saturated rings. The Morgan fingerprint density at radius 1 is 1.17 bits per heavy atom. The zero-order chi connectivity index (χ0) is 9.30. The number of phenolic OH excluding ortho intramolecular Hbond substituents is 1. The molecule has 0 radical (unpaired) electrons. The average molecular weight is 186 g/mol. The molecule has 0 saturated heterocycles. The summed E-state index contributed by atoms with van der Waals surface area (Å²) in [5, 5.41) is 9.21. The fraction of sp³-hybridized carbons (Fsp3) is 0.250. The van der Waals surface area contributed by atoms with Gasteiger partial charge >= 0.3 is 0 Å². The van der Waals surface area contributed by atoms with E-state index in [0.29, 0.717) is 11.1 Å². The summed E-state index contributed by atoms with van der Waals surface area (Å²) >= 11 is 0. The quantitative estimate of drug-likeness (QED) is 0.643. The third kappa shape index (κ3) is 1.58. The summed E-state index contributed by atoms with van der Waals surface area (Å²) in [4.78, 5) is 0.278. The highest BCUT2D eigenvalue weighted by Gasteiger charge is 2.04. The number of rotatable bonds is 1. The molecular weight excluding hydrogens is 176 g/mol. The van der Waals surface area contributed by atoms with Crippen molar-refractivity contribution in [3.05, 3.63) is 23.3 Å². The summed E-state index contributed by atoms with van der Waals surface area (Å²) < 4.78 is 21.3. The Labute approximate surface area is 72.6 Å². The minimum absolute atomic E-state index is 0.133. The summed E-state index contributed by atoms with van der Waals surface area (Å²) in [5.41, 5.74) is 1.16. The Morgan fingerprint density at radius 3 is 2.25 bits per heavy atom. The fourth-order valence-corrected chi connectivity index (χ4v) is 1.63. The van der Waals surface area contributed by atoms with Crippen LogP contribution >= 0.6 is 0 Å². The third-order valence-electron chi connectivity index (χ3n) is 1.71. The molecule has 1 N–H and O–H groups in total. The molecule has 0 aliphatic carbocycles. The van der Waals surface area contributed by atoms with E-state index in [1.54, 1.807) is 13.8 Å². The SMILES string of the molecule is Cc1cc([SH](=O)=O)c(C)cc1O. The van der Waals surface area contributed by atoms with Gasteiger partial charge < -0.3 is 5.11 Å². The van der Waals surface area contributed by atoms with E-state index in [0.717, 1.165) is 0 Å². The lowest BCUT2D eigenvalue weighted by Crippen LogP contribution is -1.87. The van der Waals surface area contributed by atoms with Gasteiger partial charge in [-0.05, 0) is 37.1 Å². The summed E-state index contributed by atoms with van der Waals surface area (Å²) in [6, 6.07) is 2.92. The molecule has 3 nitrogen and oxygen atoms in total. The van der Waals surface area contributed by atoms with Gasteiger partial charge in [-0.25, -0.2) is 8.42 Å². The second-order valence-corrected chi connectivity index (χ2v) is 3.68. The van der Waals surface area contributed by atoms with E-state index in [2.05, 4.69) is 0 Å². The Bertz CT molecular complexity index is 372. The topological polar surface area (TPSA) is 54.4 Å². The van der Waals surface area contributed by atoms with Gasteiger partial charge in [-0.1, -0.05) is 0 Å². The molecule has 0 atom stereocenters. The van der Waals surface area contributed by atoms with Crippen molar-refractivity contribution in [2.24, 2.45) is 0 Å². The highest BCUT2D eigenvalue weighted by Crippen LogP contribution is 2.21. The molecule has 12 heavy (non-hydrogen) atoms. The molecule has 66 valence electrons. The molecule has 0 heterocycles. The third-order valence-corrected chi connectivity index (χ3v) is 2.59. The van der Waals surface area contributed by atoms with Crippen LogP contribution in [0.5, 0.6) is 5.75 Å². The van der Waals surface area contributed by atoms with Crippen molar-refractivity contribution in [3.8, 4) is 5.75 Å². The van der Waals surface area contributed by atoms with Gasteiger partial charge in [0, 0.05) is 0 Å². The molecular formula is C8H10O3S. The van der Waals surface area contributed by atoms with Crippen LogP contribution in [0.25, 0.3) is 0 Å². The smallest absolute Gasteiger partial charge is 0.168 e. The lowest BCUT2D eigenvalue weighted by molar-refractivity contribution is 0.470. The summed E-state index contributed by atoms with van der Waals surface area (Å²) in [6.07, 6.45) is 0. The van der Waals surface area contributed by atoms with Crippen LogP contribution in [0.15, 0.2) is 17.0 Å². The first kappa shape index (κ1) is 9.06. The predicted molar refractivity (Wildman–Crippen MR) is 46.2 cm³/mol. The number of hydrogen-bond donors (Lipinski definition) is 2. The van der Waals surface area contributed by atoms with Crippen molar-refractivity contribution in [2.75, 3.05) is 0 Å². The van der Waals surface area contributed by atoms with Crippen LogP contribution in [0.3, 0.4) is 0 Å². The van der Waals surface area contributed by atoms with E-state index >= 15 is 0 Å². The van der Waals surface area contributed by atoms with E-state index in [-0.39, 0.29) is 10.6 Å². The van der Waals surface area contributed by atoms with Gasteiger partial charge in [-0.3, -0.25) is 0 Å². The number of phenols is 1. The minimum Gasteiger partial charge on any atom is -0.508 e. The van der Waals surface area contributed by atoms with Crippen LogP contribution in [0.1, 0.15) is 11.1 Å². The van der Waals surface area contributed by atoms with Crippen LogP contribution in [-0.4, -0.2) is 13.5 Å². The lowest BCUT2D eigenvalue weighted by atomic mass is 10.1. The maximum atomic E-state index is 10.6. The number of thiol groups is 1. The molecule has 0 aromatic heterocycles. The second-order valence-electron chi connectivity index (χ2n) is 2.68. The zero-order valence-electron chi connectivity index (χ0n) is 6.87. The summed E-state index contributed by atoms with van der Waals surface area (Å²) in [5.74, 6) is 0.133. The molecule has 0 aliphatic rings. The molecule has 0 saturated carbocycles. The van der Waals surface area contributed by atoms with Crippen molar-refractivity contribution in [3.63, 3.8) is 0 Å². The molecule has 0 spiro atoms. The van der Waals surface area contributed by atoms with Gasteiger partial charge in [0.25, 0.3) is 0 Å². The Hall–Kier alpha value is -1.03. The number of hydrogen-bond acceptors (Lipinski definition) is 3. The maximum Gasteiger partial charge on any atom is 0.168 e. The van der Waals surface area contributed by atoms with Gasteiger partial charge in [0.05, 0.1) is 4.90 Å². The van der Waals surface area contributed by atoms with Crippen LogP contribution in [0.4, 0.5) is 0 Å². The normalized spacial score (nSPS) is 10.6. The summed E-state index contributed by atoms with van der Waals surface area (Å²) in [7, 11) is -2.56. The van der Waals surface area contributed by atoms with Crippen molar-refractivity contribution < 1.29 is 13.5 Å². The average Bonchev–Trinajstić information content (AvgIpc) is 1.96. The Kier molecular flexibility index (Phi) is 2.38. The van der Waals surface area contributed by atoms with E-state index in [1.165, 1.54) is 12.1 Å². The first-order chi connectivity index (χ1) is 5.52. The molecule has 0 unspecified atom stereocenters. The van der Waals surface area contributed by atoms with Crippen LogP contribution < -0.4 is 0 Å². The number of aromatic hydroxyl groups is 1. The molecule has 0 amide bonds. The molecule has 0 aliphatic heterocycles. The maximum absolute atomic E-state index is 10.6. The van der Waals surface area contributed by atoms with E-state index in [9.17, 15) is 13.5 Å². The monoisotopic (exact) mass is 186 g/mol. The van der Waals surface area contributed by atoms with E-state index in [4.69, 9.17) is 0 Å². The number of benzene rings is 1. The number of aryl methyl sites for hydroxylation is 2. The van der Waals surface area contributed by atoms with Crippen LogP contribution in [0.2, 0.25) is 0 Å². The highest BCUT2D eigenvalue weighted by atomic mass is 32.2. The van der Waals surface area contributed by atoms with E-state index in [1.807, 2.05) is 0 Å². The fourth-order valence-electron chi connectivity index (χ4n) is 0.982. The van der Waals surface area contributed by atoms with Gasteiger partial charge in [-0.15, -0.1) is 0 Å². The van der Waals surface area contributed by atoms with Gasteiger partial charge in [-0.2, -0.15) is 0 Å². The lowest BCUT2D eigenvalue weighted by Gasteiger charge is -2.02. The highest BCUT2D eigenvalue weighted by molar-refractivity contribution is 7.72. The van der Waals surface area contributed by atoms with Crippen molar-refractivity contribution in [1.29, 1.82) is 0 Å². The molecule has 1 aromatic rings. The van der Waals surface area contributed by atoms with Crippen molar-refractivity contribution in [2.45, 2.75) is 18.7 Å². The zero-order valence-corrected chi connectivity index (χ0v) is 7.76. The standard InChI is InChI=1S/C8H10O3S/c1-5-4-8(12(10)11)6(2)3-7(5)9/h3-4,9,12H,1-2H3. The van der Waals surface area contributed by atoms with Gasteiger partial charge in [0.2, 0.25) is 0 Å². The second kappa shape index (κ2) is 3.15. The Balaban J connectivity index is 3.43. The van der Waals surface area contributed by atoms with Gasteiger partial charge in [0.15, 0.2) is 10.7 Å².